The zero-order valence-electron chi connectivity index (χ0n) is 13.2. The van der Waals surface area contributed by atoms with Crippen molar-refractivity contribution in [2.24, 2.45) is 0 Å². The molecule has 0 spiro atoms. The highest BCUT2D eigenvalue weighted by molar-refractivity contribution is 5.76. The van der Waals surface area contributed by atoms with E-state index >= 15 is 0 Å². The zero-order chi connectivity index (χ0) is 15.7. The molecule has 0 saturated carbocycles. The number of carbonyl (C=O) groups is 1. The van der Waals surface area contributed by atoms with Crippen LogP contribution < -0.4 is 5.32 Å². The van der Waals surface area contributed by atoms with E-state index in [2.05, 4.69) is 32.2 Å². The highest BCUT2D eigenvalue weighted by atomic mass is 16.2. The number of nitrogens with one attached hydrogen (secondary N) is 1. The van der Waals surface area contributed by atoms with Crippen LogP contribution in [0.2, 0.25) is 0 Å². The van der Waals surface area contributed by atoms with Gasteiger partial charge in [-0.3, -0.25) is 4.79 Å². The third kappa shape index (κ3) is 6.42. The first-order chi connectivity index (χ1) is 10.1. The second-order valence-corrected chi connectivity index (χ2v) is 5.48. The van der Waals surface area contributed by atoms with Crippen LogP contribution in [0.3, 0.4) is 0 Å². The quantitative estimate of drug-likeness (QED) is 0.799. The molecule has 0 aliphatic rings. The van der Waals surface area contributed by atoms with Gasteiger partial charge in [-0.2, -0.15) is 5.26 Å². The van der Waals surface area contributed by atoms with Crippen molar-refractivity contribution in [3.05, 3.63) is 35.4 Å². The minimum Gasteiger partial charge on any atom is -0.338 e. The molecule has 1 rings (SSSR count). The zero-order valence-corrected chi connectivity index (χ0v) is 13.2. The summed E-state index contributed by atoms with van der Waals surface area (Å²) in [5.74, 6) is 0.175. The molecule has 0 aliphatic carbocycles. The SMILES string of the molecule is CCCN(Cc1ccc(C#N)cc1)C(=O)CCNC(C)C. The summed E-state index contributed by atoms with van der Waals surface area (Å²) in [5, 5.41) is 12.1. The van der Waals surface area contributed by atoms with Crippen molar-refractivity contribution in [2.45, 2.75) is 46.2 Å². The fraction of sp³-hybridized carbons (Fsp3) is 0.529. The summed E-state index contributed by atoms with van der Waals surface area (Å²) in [7, 11) is 0. The van der Waals surface area contributed by atoms with E-state index in [-0.39, 0.29) is 5.91 Å². The molecule has 0 atom stereocenters. The van der Waals surface area contributed by atoms with E-state index in [0.717, 1.165) is 18.5 Å². The van der Waals surface area contributed by atoms with Crippen molar-refractivity contribution in [3.8, 4) is 6.07 Å². The van der Waals surface area contributed by atoms with Crippen LogP contribution in [0.25, 0.3) is 0 Å². The largest absolute Gasteiger partial charge is 0.338 e. The number of nitriles is 1. The van der Waals surface area contributed by atoms with Crippen molar-refractivity contribution in [3.63, 3.8) is 0 Å². The van der Waals surface area contributed by atoms with Crippen molar-refractivity contribution < 1.29 is 4.79 Å². The second kappa shape index (κ2) is 9.15. The number of hydrogen-bond acceptors (Lipinski definition) is 3. The van der Waals surface area contributed by atoms with E-state index in [1.807, 2.05) is 17.0 Å². The lowest BCUT2D eigenvalue weighted by Gasteiger charge is -2.22. The Hall–Kier alpha value is -1.86. The third-order valence-corrected chi connectivity index (χ3v) is 3.19. The number of nitrogens with zero attached hydrogens (tertiary/aromatic N) is 2. The predicted molar refractivity (Wildman–Crippen MR) is 84.6 cm³/mol. The first kappa shape index (κ1) is 17.2. The van der Waals surface area contributed by atoms with Crippen LogP contribution >= 0.6 is 0 Å². The molecule has 4 heteroatoms. The predicted octanol–water partition coefficient (Wildman–Crippen LogP) is 2.68. The van der Waals surface area contributed by atoms with Gasteiger partial charge in [0.2, 0.25) is 5.91 Å². The summed E-state index contributed by atoms with van der Waals surface area (Å²) in [5.41, 5.74) is 1.71. The van der Waals surface area contributed by atoms with Gasteiger partial charge in [0.05, 0.1) is 11.6 Å². The number of amides is 1. The second-order valence-electron chi connectivity index (χ2n) is 5.48. The van der Waals surface area contributed by atoms with E-state index in [4.69, 9.17) is 5.26 Å². The van der Waals surface area contributed by atoms with Gasteiger partial charge >= 0.3 is 0 Å². The molecule has 0 saturated heterocycles. The van der Waals surface area contributed by atoms with Crippen LogP contribution in [0.15, 0.2) is 24.3 Å². The smallest absolute Gasteiger partial charge is 0.224 e. The van der Waals surface area contributed by atoms with Gasteiger partial charge < -0.3 is 10.2 Å². The Kier molecular flexibility index (Phi) is 7.49. The summed E-state index contributed by atoms with van der Waals surface area (Å²) in [6, 6.07) is 9.93. The summed E-state index contributed by atoms with van der Waals surface area (Å²) >= 11 is 0. The fourth-order valence-corrected chi connectivity index (χ4v) is 2.09. The molecular formula is C17H25N3O. The van der Waals surface area contributed by atoms with Crippen molar-refractivity contribution in [2.75, 3.05) is 13.1 Å². The number of rotatable bonds is 8. The van der Waals surface area contributed by atoms with Crippen molar-refractivity contribution in [1.82, 2.24) is 10.2 Å². The van der Waals surface area contributed by atoms with Gasteiger partial charge in [-0.15, -0.1) is 0 Å². The lowest BCUT2D eigenvalue weighted by atomic mass is 10.1. The maximum atomic E-state index is 12.3. The summed E-state index contributed by atoms with van der Waals surface area (Å²) < 4.78 is 0. The van der Waals surface area contributed by atoms with Crippen molar-refractivity contribution >= 4 is 5.91 Å². The van der Waals surface area contributed by atoms with E-state index < -0.39 is 0 Å². The molecule has 1 aromatic carbocycles. The molecule has 0 heterocycles. The normalized spacial score (nSPS) is 10.4. The van der Waals surface area contributed by atoms with Crippen LogP contribution in [-0.2, 0) is 11.3 Å². The van der Waals surface area contributed by atoms with Crippen LogP contribution in [-0.4, -0.2) is 29.9 Å². The molecule has 114 valence electrons. The summed E-state index contributed by atoms with van der Waals surface area (Å²) in [4.78, 5) is 14.2. The molecular weight excluding hydrogens is 262 g/mol. The Morgan fingerprint density at radius 1 is 1.33 bits per heavy atom. The van der Waals surface area contributed by atoms with Gasteiger partial charge in [0.1, 0.15) is 0 Å². The van der Waals surface area contributed by atoms with Crippen molar-refractivity contribution in [1.29, 1.82) is 5.26 Å². The highest BCUT2D eigenvalue weighted by Gasteiger charge is 2.13. The van der Waals surface area contributed by atoms with Gasteiger partial charge in [-0.1, -0.05) is 32.9 Å². The first-order valence-corrected chi connectivity index (χ1v) is 7.57. The lowest BCUT2D eigenvalue weighted by Crippen LogP contribution is -2.34. The molecule has 1 N–H and O–H groups in total. The first-order valence-electron chi connectivity index (χ1n) is 7.57. The molecule has 0 aliphatic heterocycles. The van der Waals surface area contributed by atoms with E-state index in [9.17, 15) is 4.79 Å². The Bertz CT molecular complexity index is 474. The van der Waals surface area contributed by atoms with Gasteiger partial charge in [0.15, 0.2) is 0 Å². The van der Waals surface area contributed by atoms with Gasteiger partial charge in [0, 0.05) is 32.1 Å². The topological polar surface area (TPSA) is 56.1 Å². The maximum absolute atomic E-state index is 12.3. The average molecular weight is 287 g/mol. The average Bonchev–Trinajstić information content (AvgIpc) is 2.47. The molecule has 1 amide bonds. The van der Waals surface area contributed by atoms with Gasteiger partial charge in [-0.25, -0.2) is 0 Å². The summed E-state index contributed by atoms with van der Waals surface area (Å²) in [6.45, 7) is 8.31. The molecule has 4 nitrogen and oxygen atoms in total. The number of hydrogen-bond donors (Lipinski definition) is 1. The van der Waals surface area contributed by atoms with Crippen LogP contribution in [0.4, 0.5) is 0 Å². The molecule has 1 aromatic rings. The van der Waals surface area contributed by atoms with E-state index in [1.165, 1.54) is 0 Å². The summed E-state index contributed by atoms with van der Waals surface area (Å²) in [6.07, 6.45) is 1.47. The Labute approximate surface area is 127 Å². The lowest BCUT2D eigenvalue weighted by molar-refractivity contribution is -0.131. The Morgan fingerprint density at radius 2 is 2.00 bits per heavy atom. The molecule has 0 radical (unpaired) electrons. The van der Waals surface area contributed by atoms with Gasteiger partial charge in [-0.05, 0) is 24.1 Å². The van der Waals surface area contributed by atoms with Crippen LogP contribution in [0, 0.1) is 11.3 Å². The van der Waals surface area contributed by atoms with Gasteiger partial charge in [0.25, 0.3) is 0 Å². The molecule has 0 unspecified atom stereocenters. The molecule has 0 fully saturated rings. The monoisotopic (exact) mass is 287 g/mol. The molecule has 0 aromatic heterocycles. The van der Waals surface area contributed by atoms with E-state index in [0.29, 0.717) is 31.1 Å². The minimum absolute atomic E-state index is 0.175. The molecule has 21 heavy (non-hydrogen) atoms. The number of carbonyl (C=O) groups excluding carboxylic acids is 1. The Morgan fingerprint density at radius 3 is 2.52 bits per heavy atom. The fourth-order valence-electron chi connectivity index (χ4n) is 2.09. The highest BCUT2D eigenvalue weighted by Crippen LogP contribution is 2.09. The number of benzene rings is 1. The van der Waals surface area contributed by atoms with E-state index in [1.54, 1.807) is 12.1 Å². The Balaban J connectivity index is 2.59. The third-order valence-electron chi connectivity index (χ3n) is 3.19. The molecule has 0 bridgehead atoms. The maximum Gasteiger partial charge on any atom is 0.224 e. The minimum atomic E-state index is 0.175. The standard InChI is InChI=1S/C17H25N3O/c1-4-11-20(17(21)9-10-19-14(2)3)13-16-7-5-15(12-18)6-8-16/h5-8,14,19H,4,9-11,13H2,1-3H3. The van der Waals surface area contributed by atoms with Crippen LogP contribution in [0.5, 0.6) is 0 Å². The van der Waals surface area contributed by atoms with Crippen LogP contribution in [0.1, 0.15) is 44.7 Å².